The molecular weight excluding hydrogens is 514 g/mol. The van der Waals surface area contributed by atoms with Gasteiger partial charge in [0.1, 0.15) is 0 Å². The van der Waals surface area contributed by atoms with Gasteiger partial charge in [0.25, 0.3) is 0 Å². The fourth-order valence-corrected chi connectivity index (χ4v) is 4.42. The predicted octanol–water partition coefficient (Wildman–Crippen LogP) is 6.70. The van der Waals surface area contributed by atoms with Crippen molar-refractivity contribution in [2.24, 2.45) is 0 Å². The summed E-state index contributed by atoms with van der Waals surface area (Å²) in [5.74, 6) is 0. The van der Waals surface area contributed by atoms with Gasteiger partial charge in [-0.15, -0.1) is 23.2 Å². The van der Waals surface area contributed by atoms with Gasteiger partial charge < -0.3 is 0 Å². The Kier molecular flexibility index (Phi) is 5.23. The SMILES string of the molecule is Cc1ccc2c(c1)C(Cl)(CCC1(Cl)C=Cc3ccc(C)cc31)C=C2.[Hf]. The third kappa shape index (κ3) is 3.36. The molecule has 0 N–H and O–H groups in total. The van der Waals surface area contributed by atoms with E-state index in [1.165, 1.54) is 33.4 Å². The summed E-state index contributed by atoms with van der Waals surface area (Å²) in [4.78, 5) is -0.909. The van der Waals surface area contributed by atoms with Gasteiger partial charge in [0, 0.05) is 25.8 Å². The van der Waals surface area contributed by atoms with Crippen molar-refractivity contribution >= 4 is 35.4 Å². The van der Waals surface area contributed by atoms with Crippen molar-refractivity contribution in [3.8, 4) is 0 Å². The molecule has 2 aromatic rings. The summed E-state index contributed by atoms with van der Waals surface area (Å²) < 4.78 is 0. The number of fused-ring (bicyclic) bond motifs is 2. The van der Waals surface area contributed by atoms with Crippen LogP contribution >= 0.6 is 23.2 Å². The summed E-state index contributed by atoms with van der Waals surface area (Å²) in [6.45, 7) is 4.22. The third-order valence-electron chi connectivity index (χ3n) is 5.22. The van der Waals surface area contributed by atoms with Crippen LogP contribution in [0.25, 0.3) is 12.2 Å². The predicted molar refractivity (Wildman–Crippen MR) is 105 cm³/mol. The van der Waals surface area contributed by atoms with Crippen LogP contribution in [0.1, 0.15) is 46.2 Å². The molecule has 0 heterocycles. The van der Waals surface area contributed by atoms with Gasteiger partial charge in [-0.2, -0.15) is 0 Å². The van der Waals surface area contributed by atoms with Crippen molar-refractivity contribution in [2.45, 2.75) is 36.4 Å². The Morgan fingerprint density at radius 1 is 0.720 bits per heavy atom. The zero-order chi connectivity index (χ0) is 16.9. The van der Waals surface area contributed by atoms with Gasteiger partial charge in [0.2, 0.25) is 0 Å². The van der Waals surface area contributed by atoms with Gasteiger partial charge in [0.15, 0.2) is 0 Å². The van der Waals surface area contributed by atoms with Crippen LogP contribution in [-0.2, 0) is 35.6 Å². The molecule has 0 amide bonds. The summed E-state index contributed by atoms with van der Waals surface area (Å²) in [7, 11) is 0. The minimum absolute atomic E-state index is 0. The van der Waals surface area contributed by atoms with Gasteiger partial charge in [0.05, 0.1) is 9.75 Å². The molecule has 2 aliphatic rings. The van der Waals surface area contributed by atoms with Gasteiger partial charge in [-0.25, -0.2) is 0 Å². The molecule has 0 aromatic heterocycles. The van der Waals surface area contributed by atoms with E-state index in [9.17, 15) is 0 Å². The molecule has 3 heteroatoms. The second kappa shape index (κ2) is 6.83. The normalized spacial score (nSPS) is 25.6. The first kappa shape index (κ1) is 19.1. The Morgan fingerprint density at radius 2 is 1.12 bits per heavy atom. The maximum atomic E-state index is 7.00. The number of aryl methyl sites for hydroxylation is 2. The van der Waals surface area contributed by atoms with E-state index in [4.69, 9.17) is 23.2 Å². The van der Waals surface area contributed by atoms with E-state index in [1.807, 2.05) is 0 Å². The van der Waals surface area contributed by atoms with E-state index in [0.29, 0.717) is 0 Å². The number of alkyl halides is 2. The van der Waals surface area contributed by atoms with Crippen LogP contribution in [0, 0.1) is 13.8 Å². The quantitative estimate of drug-likeness (QED) is 0.304. The van der Waals surface area contributed by atoms with E-state index >= 15 is 0 Å². The van der Waals surface area contributed by atoms with Gasteiger partial charge >= 0.3 is 0 Å². The summed E-state index contributed by atoms with van der Waals surface area (Å²) in [6, 6.07) is 13.0. The topological polar surface area (TPSA) is 0 Å². The van der Waals surface area contributed by atoms with Crippen LogP contribution < -0.4 is 0 Å². The van der Waals surface area contributed by atoms with E-state index < -0.39 is 9.75 Å². The molecule has 2 aliphatic carbocycles. The molecule has 0 nitrogen and oxygen atoms in total. The van der Waals surface area contributed by atoms with Crippen molar-refractivity contribution < 1.29 is 25.8 Å². The van der Waals surface area contributed by atoms with Crippen LogP contribution in [0.3, 0.4) is 0 Å². The van der Waals surface area contributed by atoms with Crippen molar-refractivity contribution in [1.29, 1.82) is 0 Å². The molecule has 2 atom stereocenters. The molecular formula is C22H20Cl2Hf. The molecule has 4 rings (SSSR count). The second-order valence-corrected chi connectivity index (χ2v) is 8.42. The Hall–Kier alpha value is -0.630. The first-order valence-corrected chi connectivity index (χ1v) is 9.14. The van der Waals surface area contributed by atoms with Crippen molar-refractivity contribution in [3.05, 3.63) is 81.9 Å². The number of halogens is 2. The third-order valence-corrected chi connectivity index (χ3v) is 6.26. The van der Waals surface area contributed by atoms with Crippen molar-refractivity contribution in [2.75, 3.05) is 0 Å². The van der Waals surface area contributed by atoms with Crippen molar-refractivity contribution in [1.82, 2.24) is 0 Å². The molecule has 25 heavy (non-hydrogen) atoms. The van der Waals surface area contributed by atoms with Gasteiger partial charge in [-0.05, 0) is 48.9 Å². The van der Waals surface area contributed by atoms with Crippen LogP contribution in [0.15, 0.2) is 48.6 Å². The van der Waals surface area contributed by atoms with Gasteiger partial charge in [-0.3, -0.25) is 0 Å². The number of rotatable bonds is 3. The van der Waals surface area contributed by atoms with Crippen LogP contribution in [-0.4, -0.2) is 0 Å². The Balaban J connectivity index is 0.00000182. The number of benzene rings is 2. The van der Waals surface area contributed by atoms with Crippen LogP contribution in [0.5, 0.6) is 0 Å². The molecule has 0 saturated carbocycles. The molecule has 0 fully saturated rings. The zero-order valence-corrected chi connectivity index (χ0v) is 19.5. The first-order valence-electron chi connectivity index (χ1n) is 8.38. The smallest absolute Gasteiger partial charge is 0.0885 e. The molecule has 0 saturated heterocycles. The minimum atomic E-state index is -0.455. The van der Waals surface area contributed by atoms with E-state index in [2.05, 4.69) is 74.5 Å². The number of allylic oxidation sites excluding steroid dienone is 2. The van der Waals surface area contributed by atoms with Gasteiger partial charge in [-0.1, -0.05) is 71.8 Å². The largest absolute Gasteiger partial charge is 0.109 e. The average Bonchev–Trinajstić information content (AvgIpc) is 3.06. The Bertz CT molecular complexity index is 810. The monoisotopic (exact) mass is 534 g/mol. The fraction of sp³-hybridized carbons (Fsp3) is 0.273. The molecule has 126 valence electrons. The van der Waals surface area contributed by atoms with E-state index in [-0.39, 0.29) is 25.8 Å². The standard InChI is InChI=1S/C22H20Cl2.Hf/c1-15-3-5-17-7-9-21(23,19(17)13-15)11-12-22(24)10-8-18-6-4-16(2)14-20(18)22;/h3-10,13-14H,11-12H2,1-2H3;. The fourth-order valence-electron chi connectivity index (χ4n) is 3.77. The first-order chi connectivity index (χ1) is 11.4. The number of hydrogen-bond donors (Lipinski definition) is 0. The molecule has 0 radical (unpaired) electrons. The molecule has 2 unspecified atom stereocenters. The summed E-state index contributed by atoms with van der Waals surface area (Å²) in [5, 5.41) is 0. The summed E-state index contributed by atoms with van der Waals surface area (Å²) in [6.07, 6.45) is 10.1. The van der Waals surface area contributed by atoms with Crippen LogP contribution in [0.4, 0.5) is 0 Å². The molecule has 2 aromatic carbocycles. The zero-order valence-electron chi connectivity index (χ0n) is 14.4. The maximum absolute atomic E-state index is 7.00. The van der Waals surface area contributed by atoms with Crippen molar-refractivity contribution in [3.63, 3.8) is 0 Å². The number of hydrogen-bond acceptors (Lipinski definition) is 0. The van der Waals surface area contributed by atoms with E-state index in [0.717, 1.165) is 12.8 Å². The Morgan fingerprint density at radius 3 is 1.52 bits per heavy atom. The van der Waals surface area contributed by atoms with Crippen LogP contribution in [0.2, 0.25) is 0 Å². The second-order valence-electron chi connectivity index (χ2n) is 7.07. The average molecular weight is 534 g/mol. The molecule has 0 spiro atoms. The summed E-state index contributed by atoms with van der Waals surface area (Å²) >= 11 is 14.0. The maximum Gasteiger partial charge on any atom is 0.0885 e. The minimum Gasteiger partial charge on any atom is -0.109 e. The molecule has 0 bridgehead atoms. The summed E-state index contributed by atoms with van der Waals surface area (Å²) in [5.41, 5.74) is 7.33. The Labute approximate surface area is 178 Å². The van der Waals surface area contributed by atoms with E-state index in [1.54, 1.807) is 0 Å². The molecule has 0 aliphatic heterocycles.